The molecule has 0 aliphatic carbocycles. The SMILES string of the molecule is Cc1cc(NC(=O)CNc2cc(S(=O)(=O)N3CCCCC3)ccc2N2CCOCC2)no1. The lowest BCUT2D eigenvalue weighted by Crippen LogP contribution is -2.37. The molecular weight excluding hydrogens is 434 g/mol. The van der Waals surface area contributed by atoms with Gasteiger partial charge in [-0.25, -0.2) is 8.42 Å². The summed E-state index contributed by atoms with van der Waals surface area (Å²) in [6.07, 6.45) is 2.80. The normalized spacial score (nSPS) is 17.8. The van der Waals surface area contributed by atoms with Gasteiger partial charge < -0.3 is 24.8 Å². The van der Waals surface area contributed by atoms with Crippen molar-refractivity contribution in [3.8, 4) is 0 Å². The molecule has 2 saturated heterocycles. The number of morpholine rings is 1. The van der Waals surface area contributed by atoms with Crippen LogP contribution in [0, 0.1) is 6.92 Å². The topological polar surface area (TPSA) is 117 Å². The molecule has 1 amide bonds. The maximum Gasteiger partial charge on any atom is 0.244 e. The molecule has 0 radical (unpaired) electrons. The van der Waals surface area contributed by atoms with Crippen molar-refractivity contribution in [3.63, 3.8) is 0 Å². The summed E-state index contributed by atoms with van der Waals surface area (Å²) in [7, 11) is -3.59. The van der Waals surface area contributed by atoms with Crippen molar-refractivity contribution in [2.75, 3.05) is 61.5 Å². The first-order valence-electron chi connectivity index (χ1n) is 10.9. The molecule has 3 heterocycles. The van der Waals surface area contributed by atoms with Crippen LogP contribution in [0.15, 0.2) is 33.7 Å². The van der Waals surface area contributed by atoms with Gasteiger partial charge in [-0.1, -0.05) is 11.6 Å². The number of hydrogen-bond acceptors (Lipinski definition) is 8. The summed E-state index contributed by atoms with van der Waals surface area (Å²) in [5.41, 5.74) is 1.44. The van der Waals surface area contributed by atoms with E-state index >= 15 is 0 Å². The van der Waals surface area contributed by atoms with Gasteiger partial charge in [0.15, 0.2) is 5.82 Å². The van der Waals surface area contributed by atoms with E-state index in [1.807, 2.05) is 6.07 Å². The van der Waals surface area contributed by atoms with Gasteiger partial charge in [0.2, 0.25) is 15.9 Å². The lowest BCUT2D eigenvalue weighted by atomic mass is 10.2. The van der Waals surface area contributed by atoms with Crippen LogP contribution >= 0.6 is 0 Å². The van der Waals surface area contributed by atoms with E-state index in [4.69, 9.17) is 9.26 Å². The number of amides is 1. The van der Waals surface area contributed by atoms with Crippen LogP contribution in [0.25, 0.3) is 0 Å². The summed E-state index contributed by atoms with van der Waals surface area (Å²) in [4.78, 5) is 14.8. The Hall–Kier alpha value is -2.63. The van der Waals surface area contributed by atoms with E-state index in [0.29, 0.717) is 56.7 Å². The van der Waals surface area contributed by atoms with Crippen LogP contribution < -0.4 is 15.5 Å². The molecule has 2 N–H and O–H groups in total. The largest absolute Gasteiger partial charge is 0.378 e. The quantitative estimate of drug-likeness (QED) is 0.641. The summed E-state index contributed by atoms with van der Waals surface area (Å²) >= 11 is 0. The van der Waals surface area contributed by atoms with E-state index in [1.165, 1.54) is 0 Å². The second-order valence-corrected chi connectivity index (χ2v) is 9.91. The van der Waals surface area contributed by atoms with Crippen molar-refractivity contribution < 1.29 is 22.5 Å². The fourth-order valence-electron chi connectivity index (χ4n) is 3.94. The van der Waals surface area contributed by atoms with Crippen LogP contribution in [0.2, 0.25) is 0 Å². The summed E-state index contributed by atoms with van der Waals surface area (Å²) in [5, 5.41) is 9.54. The third-order valence-corrected chi connectivity index (χ3v) is 7.50. The van der Waals surface area contributed by atoms with Gasteiger partial charge in [-0.3, -0.25) is 4.79 Å². The van der Waals surface area contributed by atoms with Crippen LogP contribution in [-0.4, -0.2) is 69.7 Å². The molecule has 2 fully saturated rings. The predicted molar refractivity (Wildman–Crippen MR) is 120 cm³/mol. The van der Waals surface area contributed by atoms with Crippen LogP contribution in [0.1, 0.15) is 25.0 Å². The Morgan fingerprint density at radius 3 is 2.53 bits per heavy atom. The zero-order valence-corrected chi connectivity index (χ0v) is 19.0. The number of aromatic nitrogens is 1. The van der Waals surface area contributed by atoms with Crippen LogP contribution in [0.3, 0.4) is 0 Å². The Morgan fingerprint density at radius 2 is 1.84 bits per heavy atom. The second-order valence-electron chi connectivity index (χ2n) is 7.97. The monoisotopic (exact) mass is 463 g/mol. The average molecular weight is 464 g/mol. The molecule has 2 aromatic rings. The number of nitrogens with zero attached hydrogens (tertiary/aromatic N) is 3. The summed E-state index contributed by atoms with van der Waals surface area (Å²) in [5.74, 6) is 0.623. The molecular formula is C21H29N5O5S. The van der Waals surface area contributed by atoms with Gasteiger partial charge in [0, 0.05) is 32.2 Å². The highest BCUT2D eigenvalue weighted by atomic mass is 32.2. The van der Waals surface area contributed by atoms with Crippen molar-refractivity contribution in [3.05, 3.63) is 30.0 Å². The number of aryl methyl sites for hydroxylation is 1. The number of rotatable bonds is 7. The van der Waals surface area contributed by atoms with Gasteiger partial charge in [-0.2, -0.15) is 4.31 Å². The van der Waals surface area contributed by atoms with E-state index < -0.39 is 10.0 Å². The zero-order chi connectivity index (χ0) is 22.6. The first-order chi connectivity index (χ1) is 15.4. The number of carbonyl (C=O) groups is 1. The third kappa shape index (κ3) is 5.22. The first kappa shape index (κ1) is 22.6. The molecule has 1 aromatic heterocycles. The van der Waals surface area contributed by atoms with E-state index in [2.05, 4.69) is 20.7 Å². The summed E-state index contributed by atoms with van der Waals surface area (Å²) in [6, 6.07) is 6.71. The third-order valence-electron chi connectivity index (χ3n) is 5.61. The lowest BCUT2D eigenvalue weighted by molar-refractivity contribution is -0.114. The highest BCUT2D eigenvalue weighted by Gasteiger charge is 2.27. The van der Waals surface area contributed by atoms with E-state index in [-0.39, 0.29) is 17.3 Å². The molecule has 4 rings (SSSR count). The number of nitrogens with one attached hydrogen (secondary N) is 2. The van der Waals surface area contributed by atoms with Crippen LogP contribution in [0.4, 0.5) is 17.2 Å². The molecule has 0 bridgehead atoms. The molecule has 2 aliphatic rings. The maximum atomic E-state index is 13.2. The highest BCUT2D eigenvalue weighted by Crippen LogP contribution is 2.31. The van der Waals surface area contributed by atoms with Gasteiger partial charge in [-0.05, 0) is 38.0 Å². The number of benzene rings is 1. The highest BCUT2D eigenvalue weighted by molar-refractivity contribution is 7.89. The minimum absolute atomic E-state index is 0.0452. The van der Waals surface area contributed by atoms with Gasteiger partial charge in [0.1, 0.15) is 5.76 Å². The van der Waals surface area contributed by atoms with Crippen LogP contribution in [-0.2, 0) is 19.6 Å². The Balaban J connectivity index is 1.55. The number of hydrogen-bond donors (Lipinski definition) is 2. The second kappa shape index (κ2) is 9.88. The molecule has 174 valence electrons. The lowest BCUT2D eigenvalue weighted by Gasteiger charge is -2.31. The van der Waals surface area contributed by atoms with Gasteiger partial charge in [0.25, 0.3) is 0 Å². The number of carbonyl (C=O) groups excluding carboxylic acids is 1. The van der Waals surface area contributed by atoms with Crippen molar-refractivity contribution in [1.29, 1.82) is 0 Å². The molecule has 0 spiro atoms. The average Bonchev–Trinajstić information content (AvgIpc) is 3.23. The predicted octanol–water partition coefficient (Wildman–Crippen LogP) is 2.04. The van der Waals surface area contributed by atoms with Crippen molar-refractivity contribution >= 4 is 33.1 Å². The van der Waals surface area contributed by atoms with E-state index in [1.54, 1.807) is 29.4 Å². The molecule has 32 heavy (non-hydrogen) atoms. The van der Waals surface area contributed by atoms with Gasteiger partial charge in [0.05, 0.1) is 36.0 Å². The number of sulfonamides is 1. The summed E-state index contributed by atoms with van der Waals surface area (Å²) < 4.78 is 38.3. The van der Waals surface area contributed by atoms with Crippen molar-refractivity contribution in [1.82, 2.24) is 9.46 Å². The number of ether oxygens (including phenoxy) is 1. The number of anilines is 3. The standard InChI is InChI=1S/C21H29N5O5S/c1-16-13-20(24-31-16)23-21(27)15-22-18-14-17(32(28,29)26-7-3-2-4-8-26)5-6-19(18)25-9-11-30-12-10-25/h5-6,13-14,22H,2-4,7-12,15H2,1H3,(H,23,24,27). The molecule has 2 aliphatic heterocycles. The Bertz CT molecular complexity index is 1040. The summed E-state index contributed by atoms with van der Waals surface area (Å²) in [6.45, 7) is 5.35. The van der Waals surface area contributed by atoms with Gasteiger partial charge >= 0.3 is 0 Å². The van der Waals surface area contributed by atoms with Crippen LogP contribution in [0.5, 0.6) is 0 Å². The van der Waals surface area contributed by atoms with Crippen molar-refractivity contribution in [2.45, 2.75) is 31.1 Å². The molecule has 11 heteroatoms. The molecule has 0 unspecified atom stereocenters. The minimum atomic E-state index is -3.59. The smallest absolute Gasteiger partial charge is 0.244 e. The number of piperidine rings is 1. The first-order valence-corrected chi connectivity index (χ1v) is 12.3. The van der Waals surface area contributed by atoms with Gasteiger partial charge in [-0.15, -0.1) is 0 Å². The molecule has 0 saturated carbocycles. The fraction of sp³-hybridized carbons (Fsp3) is 0.524. The molecule has 10 nitrogen and oxygen atoms in total. The van der Waals surface area contributed by atoms with E-state index in [9.17, 15) is 13.2 Å². The van der Waals surface area contributed by atoms with E-state index in [0.717, 1.165) is 24.9 Å². The Morgan fingerprint density at radius 1 is 1.09 bits per heavy atom. The fourth-order valence-corrected chi connectivity index (χ4v) is 5.48. The van der Waals surface area contributed by atoms with Crippen molar-refractivity contribution in [2.24, 2.45) is 0 Å². The Kier molecular flexibility index (Phi) is 6.97. The molecule has 0 atom stereocenters. The minimum Gasteiger partial charge on any atom is -0.378 e. The molecule has 1 aromatic carbocycles. The Labute approximate surface area is 187 Å². The zero-order valence-electron chi connectivity index (χ0n) is 18.2. The maximum absolute atomic E-state index is 13.2.